The van der Waals surface area contributed by atoms with E-state index in [0.29, 0.717) is 30.1 Å². The number of aryl methyl sites for hydroxylation is 3. The van der Waals surface area contributed by atoms with E-state index in [1.54, 1.807) is 11.6 Å². The third kappa shape index (κ3) is 3.29. The first-order valence-electron chi connectivity index (χ1n) is 7.02. The van der Waals surface area contributed by atoms with Crippen LogP contribution in [-0.2, 0) is 6.54 Å². The fourth-order valence-corrected chi connectivity index (χ4v) is 2.20. The van der Waals surface area contributed by atoms with E-state index in [0.717, 1.165) is 11.6 Å². The molecule has 1 N–H and O–H groups in total. The lowest BCUT2D eigenvalue weighted by molar-refractivity contribution is 0.0949. The molecule has 0 saturated carbocycles. The Hall–Kier alpha value is -2.18. The summed E-state index contributed by atoms with van der Waals surface area (Å²) in [6.45, 7) is 10.5. The van der Waals surface area contributed by atoms with E-state index in [-0.39, 0.29) is 11.8 Å². The Bertz CT molecular complexity index is 642. The highest BCUT2D eigenvalue weighted by Gasteiger charge is 2.21. The molecular weight excluding hydrogens is 270 g/mol. The maximum atomic E-state index is 12.3. The van der Waals surface area contributed by atoms with Gasteiger partial charge in [0.05, 0.1) is 12.2 Å². The summed E-state index contributed by atoms with van der Waals surface area (Å²) in [4.78, 5) is 16.5. The van der Waals surface area contributed by atoms with Gasteiger partial charge >= 0.3 is 0 Å². The van der Waals surface area contributed by atoms with Crippen molar-refractivity contribution in [3.63, 3.8) is 0 Å². The van der Waals surface area contributed by atoms with E-state index in [4.69, 9.17) is 4.52 Å². The number of carbonyl (C=O) groups is 1. The Morgan fingerprint density at radius 3 is 2.62 bits per heavy atom. The smallest absolute Gasteiger partial charge is 0.256 e. The third-order valence-corrected chi connectivity index (χ3v) is 3.23. The third-order valence-electron chi connectivity index (χ3n) is 3.23. The molecule has 0 fully saturated rings. The van der Waals surface area contributed by atoms with Crippen LogP contribution in [0.15, 0.2) is 4.52 Å². The van der Waals surface area contributed by atoms with E-state index in [1.165, 1.54) is 0 Å². The molecule has 2 heterocycles. The largest absolute Gasteiger partial charge is 0.361 e. The maximum Gasteiger partial charge on any atom is 0.256 e. The average molecular weight is 291 g/mol. The van der Waals surface area contributed by atoms with Crippen molar-refractivity contribution in [1.29, 1.82) is 0 Å². The summed E-state index contributed by atoms with van der Waals surface area (Å²) in [5.74, 6) is 2.10. The van der Waals surface area contributed by atoms with E-state index >= 15 is 0 Å². The van der Waals surface area contributed by atoms with Crippen LogP contribution in [0, 0.1) is 20.8 Å². The molecule has 0 spiro atoms. The molecule has 7 nitrogen and oxygen atoms in total. The molecule has 21 heavy (non-hydrogen) atoms. The number of carbonyl (C=O) groups excluding carboxylic acids is 1. The molecule has 7 heteroatoms. The quantitative estimate of drug-likeness (QED) is 0.907. The maximum absolute atomic E-state index is 12.3. The minimum absolute atomic E-state index is 0.142. The summed E-state index contributed by atoms with van der Waals surface area (Å²) in [5, 5.41) is 11.1. The van der Waals surface area contributed by atoms with Crippen molar-refractivity contribution in [2.75, 3.05) is 6.54 Å². The SMILES string of the molecule is Cc1nc(C)n(CCNC(=O)c2c(C(C)C)noc2C)n1. The van der Waals surface area contributed by atoms with Crippen molar-refractivity contribution in [2.45, 2.75) is 47.1 Å². The molecule has 0 saturated heterocycles. The highest BCUT2D eigenvalue weighted by atomic mass is 16.5. The second-order valence-corrected chi connectivity index (χ2v) is 5.34. The Kier molecular flexibility index (Phi) is 4.40. The highest BCUT2D eigenvalue weighted by molar-refractivity contribution is 5.96. The van der Waals surface area contributed by atoms with Crippen molar-refractivity contribution < 1.29 is 9.32 Å². The van der Waals surface area contributed by atoms with Crippen LogP contribution in [0.25, 0.3) is 0 Å². The van der Waals surface area contributed by atoms with Crippen molar-refractivity contribution in [3.05, 3.63) is 28.7 Å². The van der Waals surface area contributed by atoms with Crippen LogP contribution in [0.2, 0.25) is 0 Å². The summed E-state index contributed by atoms with van der Waals surface area (Å²) < 4.78 is 6.90. The minimum Gasteiger partial charge on any atom is -0.361 e. The van der Waals surface area contributed by atoms with E-state index in [9.17, 15) is 4.79 Å². The molecule has 1 amide bonds. The zero-order valence-electron chi connectivity index (χ0n) is 13.1. The summed E-state index contributed by atoms with van der Waals surface area (Å²) in [6, 6.07) is 0. The molecule has 0 aliphatic carbocycles. The second kappa shape index (κ2) is 6.07. The van der Waals surface area contributed by atoms with E-state index in [2.05, 4.69) is 20.6 Å². The number of nitrogens with one attached hydrogen (secondary N) is 1. The molecular formula is C14H21N5O2. The monoisotopic (exact) mass is 291 g/mol. The van der Waals surface area contributed by atoms with Crippen molar-refractivity contribution >= 4 is 5.91 Å². The Labute approximate surface area is 123 Å². The normalized spacial score (nSPS) is 11.1. The second-order valence-electron chi connectivity index (χ2n) is 5.34. The number of hydrogen-bond acceptors (Lipinski definition) is 5. The molecule has 2 rings (SSSR count). The fraction of sp³-hybridized carbons (Fsp3) is 0.571. The first-order valence-corrected chi connectivity index (χ1v) is 7.02. The van der Waals surface area contributed by atoms with Gasteiger partial charge in [-0.15, -0.1) is 0 Å². The van der Waals surface area contributed by atoms with Crippen LogP contribution in [0.4, 0.5) is 0 Å². The van der Waals surface area contributed by atoms with Gasteiger partial charge in [0.2, 0.25) is 0 Å². The van der Waals surface area contributed by atoms with Gasteiger partial charge in [0.25, 0.3) is 5.91 Å². The van der Waals surface area contributed by atoms with Crippen LogP contribution in [-0.4, -0.2) is 32.4 Å². The molecule has 0 unspecified atom stereocenters. The summed E-state index contributed by atoms with van der Waals surface area (Å²) in [6.07, 6.45) is 0. The first kappa shape index (κ1) is 15.2. The Balaban J connectivity index is 1.99. The first-order chi connectivity index (χ1) is 9.90. The summed E-state index contributed by atoms with van der Waals surface area (Å²) in [5.41, 5.74) is 1.23. The lowest BCUT2D eigenvalue weighted by Gasteiger charge is -2.07. The number of aromatic nitrogens is 4. The van der Waals surface area contributed by atoms with Crippen LogP contribution >= 0.6 is 0 Å². The molecule has 2 aromatic heterocycles. The van der Waals surface area contributed by atoms with Crippen LogP contribution in [0.3, 0.4) is 0 Å². The lowest BCUT2D eigenvalue weighted by atomic mass is 10.0. The fourth-order valence-electron chi connectivity index (χ4n) is 2.20. The number of amides is 1. The molecule has 0 bridgehead atoms. The van der Waals surface area contributed by atoms with Gasteiger partial charge in [-0.3, -0.25) is 4.79 Å². The number of hydrogen-bond donors (Lipinski definition) is 1. The predicted octanol–water partition coefficient (Wildman–Crippen LogP) is 1.74. The Morgan fingerprint density at radius 1 is 1.33 bits per heavy atom. The van der Waals surface area contributed by atoms with E-state index < -0.39 is 0 Å². The molecule has 0 aliphatic heterocycles. The lowest BCUT2D eigenvalue weighted by Crippen LogP contribution is -2.29. The predicted molar refractivity (Wildman–Crippen MR) is 77.2 cm³/mol. The van der Waals surface area contributed by atoms with Crippen LogP contribution in [0.5, 0.6) is 0 Å². The van der Waals surface area contributed by atoms with Crippen LogP contribution < -0.4 is 5.32 Å². The molecule has 0 radical (unpaired) electrons. The number of nitrogens with zero attached hydrogens (tertiary/aromatic N) is 4. The number of rotatable bonds is 5. The van der Waals surface area contributed by atoms with Gasteiger partial charge < -0.3 is 9.84 Å². The van der Waals surface area contributed by atoms with Gasteiger partial charge in [-0.1, -0.05) is 19.0 Å². The van der Waals surface area contributed by atoms with Gasteiger partial charge in [-0.25, -0.2) is 9.67 Å². The van der Waals surface area contributed by atoms with E-state index in [1.807, 2.05) is 27.7 Å². The average Bonchev–Trinajstić information content (AvgIpc) is 2.92. The summed E-state index contributed by atoms with van der Waals surface area (Å²) in [7, 11) is 0. The van der Waals surface area contributed by atoms with Gasteiger partial charge in [0.1, 0.15) is 23.0 Å². The van der Waals surface area contributed by atoms with Crippen molar-refractivity contribution in [3.8, 4) is 0 Å². The van der Waals surface area contributed by atoms with Gasteiger partial charge in [-0.05, 0) is 26.7 Å². The van der Waals surface area contributed by atoms with Crippen molar-refractivity contribution in [2.24, 2.45) is 0 Å². The Morgan fingerprint density at radius 2 is 2.05 bits per heavy atom. The molecule has 114 valence electrons. The summed E-state index contributed by atoms with van der Waals surface area (Å²) >= 11 is 0. The van der Waals surface area contributed by atoms with Gasteiger partial charge in [0.15, 0.2) is 0 Å². The zero-order valence-corrected chi connectivity index (χ0v) is 13.1. The molecule has 0 aromatic carbocycles. The standard InChI is InChI=1S/C14H21N5O2/c1-8(2)13-12(9(3)21-18-13)14(20)15-6-7-19-11(5)16-10(4)17-19/h8H,6-7H2,1-5H3,(H,15,20). The molecule has 2 aromatic rings. The van der Waals surface area contributed by atoms with Crippen molar-refractivity contribution in [1.82, 2.24) is 25.2 Å². The topological polar surface area (TPSA) is 85.8 Å². The highest BCUT2D eigenvalue weighted by Crippen LogP contribution is 2.21. The zero-order chi connectivity index (χ0) is 15.6. The molecule has 0 aliphatic rings. The van der Waals surface area contributed by atoms with Crippen LogP contribution in [0.1, 0.15) is 53.2 Å². The molecule has 0 atom stereocenters. The minimum atomic E-state index is -0.160. The van der Waals surface area contributed by atoms with Gasteiger partial charge in [0, 0.05) is 6.54 Å². The van der Waals surface area contributed by atoms with Gasteiger partial charge in [-0.2, -0.15) is 5.10 Å².